The summed E-state index contributed by atoms with van der Waals surface area (Å²) in [6, 6.07) is 18.2. The Bertz CT molecular complexity index is 1740. The van der Waals surface area contributed by atoms with Crippen molar-refractivity contribution in [1.29, 1.82) is 0 Å². The van der Waals surface area contributed by atoms with E-state index < -0.39 is 0 Å². The van der Waals surface area contributed by atoms with Crippen LogP contribution in [0.3, 0.4) is 0 Å². The minimum atomic E-state index is -0.284. The molecule has 0 atom stereocenters. The van der Waals surface area contributed by atoms with Crippen LogP contribution in [0.4, 0.5) is 10.1 Å². The lowest BCUT2D eigenvalue weighted by atomic mass is 10.0. The zero-order valence-electron chi connectivity index (χ0n) is 19.3. The molecular formula is C28H21FN6O. The molecule has 6 rings (SSSR count). The van der Waals surface area contributed by atoms with Crippen molar-refractivity contribution < 1.29 is 9.18 Å². The summed E-state index contributed by atoms with van der Waals surface area (Å²) in [7, 11) is 0. The average molecular weight is 477 g/mol. The number of H-pyrrole nitrogens is 2. The second-order valence-electron chi connectivity index (χ2n) is 8.51. The summed E-state index contributed by atoms with van der Waals surface area (Å²) in [6.07, 6.45) is 5.54. The minimum Gasteiger partial charge on any atom is -0.353 e. The Hall–Kier alpha value is -4.85. The quantitative estimate of drug-likeness (QED) is 0.271. The maximum absolute atomic E-state index is 13.4. The maximum Gasteiger partial charge on any atom is 0.224 e. The van der Waals surface area contributed by atoms with E-state index in [4.69, 9.17) is 0 Å². The van der Waals surface area contributed by atoms with Gasteiger partial charge in [0.25, 0.3) is 0 Å². The third-order valence-corrected chi connectivity index (χ3v) is 6.16. The molecule has 4 heterocycles. The summed E-state index contributed by atoms with van der Waals surface area (Å²) >= 11 is 0. The van der Waals surface area contributed by atoms with E-state index in [2.05, 4.69) is 36.5 Å². The van der Waals surface area contributed by atoms with Crippen LogP contribution in [0.15, 0.2) is 79.3 Å². The van der Waals surface area contributed by atoms with Gasteiger partial charge in [-0.2, -0.15) is 5.10 Å². The molecule has 8 heteroatoms. The Morgan fingerprint density at radius 1 is 0.889 bits per heavy atom. The molecule has 0 spiro atoms. The van der Waals surface area contributed by atoms with Gasteiger partial charge in [-0.25, -0.2) is 4.39 Å². The largest absolute Gasteiger partial charge is 0.353 e. The summed E-state index contributed by atoms with van der Waals surface area (Å²) in [5.74, 6) is -0.345. The van der Waals surface area contributed by atoms with Crippen LogP contribution in [-0.2, 0) is 4.79 Å². The molecule has 1 amide bonds. The van der Waals surface area contributed by atoms with Gasteiger partial charge in [0.2, 0.25) is 5.91 Å². The molecule has 0 aliphatic heterocycles. The van der Waals surface area contributed by atoms with Crippen LogP contribution in [-0.4, -0.2) is 31.1 Å². The number of nitrogens with one attached hydrogen (secondary N) is 3. The molecule has 0 aliphatic rings. The Morgan fingerprint density at radius 3 is 2.53 bits per heavy atom. The van der Waals surface area contributed by atoms with Crippen molar-refractivity contribution in [2.24, 2.45) is 0 Å². The predicted octanol–water partition coefficient (Wildman–Crippen LogP) is 6.32. The van der Waals surface area contributed by atoms with E-state index in [1.54, 1.807) is 30.7 Å². The molecule has 7 nitrogen and oxygen atoms in total. The van der Waals surface area contributed by atoms with Crippen LogP contribution >= 0.6 is 0 Å². The van der Waals surface area contributed by atoms with Crippen molar-refractivity contribution in [2.45, 2.75) is 13.3 Å². The third kappa shape index (κ3) is 3.88. The van der Waals surface area contributed by atoms with Gasteiger partial charge in [0.1, 0.15) is 11.5 Å². The first-order valence-electron chi connectivity index (χ1n) is 11.6. The van der Waals surface area contributed by atoms with Gasteiger partial charge < -0.3 is 10.3 Å². The fraction of sp³-hybridized carbons (Fsp3) is 0.0714. The molecule has 0 unspecified atom stereocenters. The number of fused-ring (bicyclic) bond motifs is 2. The molecule has 0 bridgehead atoms. The van der Waals surface area contributed by atoms with Crippen molar-refractivity contribution in [3.63, 3.8) is 0 Å². The van der Waals surface area contributed by atoms with Gasteiger partial charge in [-0.3, -0.25) is 19.9 Å². The highest BCUT2D eigenvalue weighted by Gasteiger charge is 2.15. The molecular weight excluding hydrogens is 455 g/mol. The number of nitrogens with zero attached hydrogens (tertiary/aromatic N) is 3. The third-order valence-electron chi connectivity index (χ3n) is 6.16. The maximum atomic E-state index is 13.4. The number of amides is 1. The van der Waals surface area contributed by atoms with Gasteiger partial charge in [0, 0.05) is 46.2 Å². The fourth-order valence-corrected chi connectivity index (χ4v) is 4.33. The fourth-order valence-electron chi connectivity index (χ4n) is 4.33. The number of carbonyl (C=O) groups is 1. The van der Waals surface area contributed by atoms with Crippen LogP contribution in [0.25, 0.3) is 55.6 Å². The topological polar surface area (TPSA) is 99.3 Å². The minimum absolute atomic E-state index is 0.0603. The smallest absolute Gasteiger partial charge is 0.224 e. The van der Waals surface area contributed by atoms with Crippen molar-refractivity contribution in [3.05, 3.63) is 85.1 Å². The lowest BCUT2D eigenvalue weighted by Gasteiger charge is -2.06. The number of hydrogen-bond acceptors (Lipinski definition) is 4. The van der Waals surface area contributed by atoms with Crippen molar-refractivity contribution >= 4 is 33.4 Å². The number of aromatic nitrogens is 5. The first kappa shape index (κ1) is 21.7. The highest BCUT2D eigenvalue weighted by Crippen LogP contribution is 2.34. The molecule has 4 aromatic heterocycles. The van der Waals surface area contributed by atoms with E-state index in [1.165, 1.54) is 12.1 Å². The molecule has 36 heavy (non-hydrogen) atoms. The Morgan fingerprint density at radius 2 is 1.69 bits per heavy atom. The van der Waals surface area contributed by atoms with Crippen molar-refractivity contribution in [3.8, 4) is 33.8 Å². The van der Waals surface area contributed by atoms with Crippen molar-refractivity contribution in [2.75, 3.05) is 5.32 Å². The summed E-state index contributed by atoms with van der Waals surface area (Å²) in [5, 5.41) is 12.4. The lowest BCUT2D eigenvalue weighted by Crippen LogP contribution is -2.09. The number of benzene rings is 2. The van der Waals surface area contributed by atoms with E-state index in [9.17, 15) is 9.18 Å². The second-order valence-corrected chi connectivity index (χ2v) is 8.51. The van der Waals surface area contributed by atoms with Crippen molar-refractivity contribution in [1.82, 2.24) is 25.1 Å². The predicted molar refractivity (Wildman–Crippen MR) is 139 cm³/mol. The summed E-state index contributed by atoms with van der Waals surface area (Å²) < 4.78 is 13.4. The number of hydrogen-bond donors (Lipinski definition) is 3. The molecule has 2 aromatic carbocycles. The number of halogens is 1. The van der Waals surface area contributed by atoms with E-state index >= 15 is 0 Å². The average Bonchev–Trinajstić information content (AvgIpc) is 3.53. The van der Waals surface area contributed by atoms with Gasteiger partial charge in [-0.15, -0.1) is 0 Å². The first-order valence-corrected chi connectivity index (χ1v) is 11.6. The van der Waals surface area contributed by atoms with Gasteiger partial charge >= 0.3 is 0 Å². The number of aromatic amines is 2. The molecule has 0 saturated heterocycles. The number of carbonyl (C=O) groups excluding carboxylic acids is 1. The van der Waals surface area contributed by atoms with Crippen LogP contribution in [0.1, 0.15) is 13.3 Å². The van der Waals surface area contributed by atoms with Crippen LogP contribution < -0.4 is 5.32 Å². The van der Waals surface area contributed by atoms with Gasteiger partial charge in [0.15, 0.2) is 0 Å². The molecule has 0 radical (unpaired) electrons. The van der Waals surface area contributed by atoms with E-state index in [0.717, 1.165) is 55.6 Å². The van der Waals surface area contributed by atoms with Gasteiger partial charge in [0.05, 0.1) is 28.8 Å². The SMILES string of the molecule is CCC(=O)Nc1cncc(-c2ccc3[nH]nc(-c4cc5c(-c6ccc(F)cc6)nccc5[nH]4)c3c2)c1. The van der Waals surface area contributed by atoms with E-state index in [1.807, 2.05) is 37.3 Å². The Balaban J connectivity index is 1.42. The second kappa shape index (κ2) is 8.74. The van der Waals surface area contributed by atoms with Crippen LogP contribution in [0.2, 0.25) is 0 Å². The van der Waals surface area contributed by atoms with Gasteiger partial charge in [-0.1, -0.05) is 13.0 Å². The number of pyridine rings is 2. The zero-order chi connectivity index (χ0) is 24.6. The number of rotatable bonds is 5. The molecule has 6 aromatic rings. The monoisotopic (exact) mass is 476 g/mol. The molecule has 3 N–H and O–H groups in total. The van der Waals surface area contributed by atoms with Gasteiger partial charge in [-0.05, 0) is 60.2 Å². The summed E-state index contributed by atoms with van der Waals surface area (Å²) in [5.41, 5.74) is 7.53. The molecule has 176 valence electrons. The van der Waals surface area contributed by atoms with Crippen LogP contribution in [0.5, 0.6) is 0 Å². The standard InChI is InChI=1S/C28H21FN6O/c1-2-26(36)32-20-11-18(14-30-15-20)17-5-8-24-21(12-17)28(35-34-24)25-13-22-23(33-25)9-10-31-27(22)16-3-6-19(29)7-4-16/h3-15,33H,2H2,1H3,(H,32,36)(H,34,35). The van der Waals surface area contributed by atoms with E-state index in [-0.39, 0.29) is 11.7 Å². The lowest BCUT2D eigenvalue weighted by molar-refractivity contribution is -0.115. The van der Waals surface area contributed by atoms with E-state index in [0.29, 0.717) is 12.1 Å². The first-order chi connectivity index (χ1) is 17.6. The normalized spacial score (nSPS) is 11.3. The molecule has 0 saturated carbocycles. The Kier molecular flexibility index (Phi) is 5.26. The molecule has 0 fully saturated rings. The highest BCUT2D eigenvalue weighted by atomic mass is 19.1. The van der Waals surface area contributed by atoms with Crippen LogP contribution in [0, 0.1) is 5.82 Å². The molecule has 0 aliphatic carbocycles. The summed E-state index contributed by atoms with van der Waals surface area (Å²) in [4.78, 5) is 24.1. The number of anilines is 1. The zero-order valence-corrected chi connectivity index (χ0v) is 19.3. The Labute approximate surface area is 205 Å². The summed E-state index contributed by atoms with van der Waals surface area (Å²) in [6.45, 7) is 1.81. The highest BCUT2D eigenvalue weighted by molar-refractivity contribution is 6.01.